The number of nitrogens with zero attached hydrogens (tertiary/aromatic N) is 3. The number of benzene rings is 1. The number of carbonyl (C=O) groups excluding carboxylic acids is 1. The van der Waals surface area contributed by atoms with E-state index in [0.29, 0.717) is 18.9 Å². The van der Waals surface area contributed by atoms with Crippen LogP contribution in [-0.4, -0.2) is 40.7 Å². The maximum Gasteiger partial charge on any atom is 0.234 e. The quantitative estimate of drug-likeness (QED) is 0.660. The highest BCUT2D eigenvalue weighted by Crippen LogP contribution is 2.27. The summed E-state index contributed by atoms with van der Waals surface area (Å²) in [6.07, 6.45) is 0. The van der Waals surface area contributed by atoms with Gasteiger partial charge in [-0.15, -0.1) is 11.8 Å². The number of hydrogen-bond acceptors (Lipinski definition) is 6. The van der Waals surface area contributed by atoms with Gasteiger partial charge in [0.1, 0.15) is 0 Å². The third-order valence-electron chi connectivity index (χ3n) is 3.73. The molecule has 6 nitrogen and oxygen atoms in total. The Balaban J connectivity index is 2.00. The number of hydrogen-bond donors (Lipinski definition) is 1. The van der Waals surface area contributed by atoms with Gasteiger partial charge in [-0.2, -0.15) is 5.26 Å². The SMILES string of the molecule is COCCn1c(SCC(=O)Nc2ccccc2SCC#N)nc(C)c1C. The van der Waals surface area contributed by atoms with E-state index in [1.807, 2.05) is 38.1 Å². The van der Waals surface area contributed by atoms with Crippen LogP contribution in [0.5, 0.6) is 0 Å². The average molecular weight is 391 g/mol. The summed E-state index contributed by atoms with van der Waals surface area (Å²) in [6.45, 7) is 5.29. The van der Waals surface area contributed by atoms with Crippen LogP contribution in [0.15, 0.2) is 34.3 Å². The molecule has 0 saturated carbocycles. The number of para-hydroxylation sites is 1. The van der Waals surface area contributed by atoms with Crippen molar-refractivity contribution in [2.24, 2.45) is 0 Å². The van der Waals surface area contributed by atoms with Crippen LogP contribution in [0.25, 0.3) is 0 Å². The van der Waals surface area contributed by atoms with Crippen LogP contribution in [0.2, 0.25) is 0 Å². The zero-order valence-corrected chi connectivity index (χ0v) is 16.7. The minimum Gasteiger partial charge on any atom is -0.383 e. The zero-order valence-electron chi connectivity index (χ0n) is 15.1. The van der Waals surface area contributed by atoms with Gasteiger partial charge in [0.25, 0.3) is 0 Å². The number of aryl methyl sites for hydroxylation is 1. The predicted octanol–water partition coefficient (Wildman–Crippen LogP) is 3.49. The molecular formula is C18H22N4O2S2. The monoisotopic (exact) mass is 390 g/mol. The maximum atomic E-state index is 12.4. The van der Waals surface area contributed by atoms with Crippen molar-refractivity contribution in [2.45, 2.75) is 30.4 Å². The second kappa shape index (κ2) is 10.3. The summed E-state index contributed by atoms with van der Waals surface area (Å²) < 4.78 is 7.23. The summed E-state index contributed by atoms with van der Waals surface area (Å²) in [5.74, 6) is 0.508. The van der Waals surface area contributed by atoms with Gasteiger partial charge in [0.15, 0.2) is 5.16 Å². The molecular weight excluding hydrogens is 368 g/mol. The number of amides is 1. The Bertz CT molecular complexity index is 799. The largest absolute Gasteiger partial charge is 0.383 e. The second-order valence-corrected chi connectivity index (χ2v) is 7.45. The fourth-order valence-electron chi connectivity index (χ4n) is 2.30. The Kier molecular flexibility index (Phi) is 8.04. The Hall–Kier alpha value is -1.95. The standard InChI is InChI=1S/C18H22N4O2S2/c1-13-14(2)22(9-10-24-3)18(20-13)26-12-17(23)21-15-6-4-5-7-16(15)25-11-8-19/h4-7H,9-12H2,1-3H3,(H,21,23). The highest BCUT2D eigenvalue weighted by atomic mass is 32.2. The molecule has 1 heterocycles. The van der Waals surface area contributed by atoms with Crippen LogP contribution in [0, 0.1) is 25.2 Å². The first kappa shape index (κ1) is 20.4. The first-order valence-corrected chi connectivity index (χ1v) is 10.1. The van der Waals surface area contributed by atoms with Crippen molar-refractivity contribution in [2.75, 3.05) is 30.5 Å². The number of rotatable bonds is 9. The molecule has 0 aliphatic carbocycles. The summed E-state index contributed by atoms with van der Waals surface area (Å²) in [5.41, 5.74) is 2.78. The van der Waals surface area contributed by atoms with E-state index in [0.717, 1.165) is 27.1 Å². The molecule has 1 aromatic heterocycles. The van der Waals surface area contributed by atoms with Crippen molar-refractivity contribution in [3.8, 4) is 6.07 Å². The van der Waals surface area contributed by atoms with Gasteiger partial charge in [-0.1, -0.05) is 23.9 Å². The lowest BCUT2D eigenvalue weighted by Crippen LogP contribution is -2.15. The molecule has 0 aliphatic heterocycles. The molecule has 0 aliphatic rings. The molecule has 2 aromatic rings. The van der Waals surface area contributed by atoms with E-state index >= 15 is 0 Å². The van der Waals surface area contributed by atoms with Crippen molar-refractivity contribution < 1.29 is 9.53 Å². The first-order chi connectivity index (χ1) is 12.6. The fraction of sp³-hybridized carbons (Fsp3) is 0.389. The molecule has 138 valence electrons. The molecule has 26 heavy (non-hydrogen) atoms. The second-order valence-electron chi connectivity index (χ2n) is 5.49. The summed E-state index contributed by atoms with van der Waals surface area (Å²) in [6, 6.07) is 9.60. The van der Waals surface area contributed by atoms with Gasteiger partial charge in [-0.05, 0) is 26.0 Å². The van der Waals surface area contributed by atoms with Crippen molar-refractivity contribution in [3.05, 3.63) is 35.7 Å². The molecule has 0 bridgehead atoms. The third-order valence-corrected chi connectivity index (χ3v) is 5.64. The smallest absolute Gasteiger partial charge is 0.234 e. The van der Waals surface area contributed by atoms with Crippen molar-refractivity contribution in [3.63, 3.8) is 0 Å². The minimum absolute atomic E-state index is 0.100. The number of nitriles is 1. The Morgan fingerprint density at radius 1 is 1.35 bits per heavy atom. The van der Waals surface area contributed by atoms with Crippen LogP contribution in [0.4, 0.5) is 5.69 Å². The number of ether oxygens (including phenoxy) is 1. The number of nitrogens with one attached hydrogen (secondary N) is 1. The average Bonchev–Trinajstić information content (AvgIpc) is 2.91. The van der Waals surface area contributed by atoms with E-state index in [9.17, 15) is 4.79 Å². The fourth-order valence-corrected chi connectivity index (χ4v) is 3.89. The Morgan fingerprint density at radius 3 is 2.85 bits per heavy atom. The van der Waals surface area contributed by atoms with Crippen LogP contribution >= 0.6 is 23.5 Å². The van der Waals surface area contributed by atoms with E-state index in [-0.39, 0.29) is 11.7 Å². The number of thioether (sulfide) groups is 2. The van der Waals surface area contributed by atoms with Crippen LogP contribution in [-0.2, 0) is 16.1 Å². The molecule has 2 rings (SSSR count). The van der Waals surface area contributed by atoms with Gasteiger partial charge in [-0.3, -0.25) is 4.79 Å². The first-order valence-electron chi connectivity index (χ1n) is 8.11. The molecule has 8 heteroatoms. The van der Waals surface area contributed by atoms with Crippen LogP contribution < -0.4 is 5.32 Å². The molecule has 0 unspecified atom stereocenters. The highest BCUT2D eigenvalue weighted by Gasteiger charge is 2.14. The number of anilines is 1. The normalized spacial score (nSPS) is 10.5. The van der Waals surface area contributed by atoms with Gasteiger partial charge in [0.05, 0.1) is 35.6 Å². The molecule has 1 aromatic carbocycles. The molecule has 0 atom stereocenters. The van der Waals surface area contributed by atoms with Crippen molar-refractivity contribution in [1.29, 1.82) is 5.26 Å². The van der Waals surface area contributed by atoms with E-state index in [1.165, 1.54) is 23.5 Å². The topological polar surface area (TPSA) is 79.9 Å². The number of aromatic nitrogens is 2. The Labute approximate surface area is 162 Å². The summed E-state index contributed by atoms with van der Waals surface area (Å²) >= 11 is 2.82. The lowest BCUT2D eigenvalue weighted by molar-refractivity contribution is -0.113. The summed E-state index contributed by atoms with van der Waals surface area (Å²) in [7, 11) is 1.67. The van der Waals surface area contributed by atoms with E-state index in [1.54, 1.807) is 7.11 Å². The maximum absolute atomic E-state index is 12.4. The zero-order chi connectivity index (χ0) is 18.9. The number of methoxy groups -OCH3 is 1. The van der Waals surface area contributed by atoms with Gasteiger partial charge >= 0.3 is 0 Å². The summed E-state index contributed by atoms with van der Waals surface area (Å²) in [5, 5.41) is 12.5. The number of carbonyl (C=O) groups is 1. The highest BCUT2D eigenvalue weighted by molar-refractivity contribution is 8.00. The molecule has 1 N–H and O–H groups in total. The van der Waals surface area contributed by atoms with E-state index in [4.69, 9.17) is 10.00 Å². The van der Waals surface area contributed by atoms with E-state index in [2.05, 4.69) is 20.9 Å². The molecule has 0 fully saturated rings. The lowest BCUT2D eigenvalue weighted by atomic mass is 10.3. The van der Waals surface area contributed by atoms with Gasteiger partial charge < -0.3 is 14.6 Å². The lowest BCUT2D eigenvalue weighted by Gasteiger charge is -2.11. The summed E-state index contributed by atoms with van der Waals surface area (Å²) in [4.78, 5) is 17.8. The van der Waals surface area contributed by atoms with E-state index < -0.39 is 0 Å². The van der Waals surface area contributed by atoms with Crippen molar-refractivity contribution >= 4 is 35.1 Å². The van der Waals surface area contributed by atoms with Crippen molar-refractivity contribution in [1.82, 2.24) is 9.55 Å². The molecule has 0 radical (unpaired) electrons. The minimum atomic E-state index is -0.100. The van der Waals surface area contributed by atoms with Crippen LogP contribution in [0.1, 0.15) is 11.4 Å². The Morgan fingerprint density at radius 2 is 2.12 bits per heavy atom. The molecule has 0 saturated heterocycles. The van der Waals surface area contributed by atoms with Gasteiger partial charge in [-0.25, -0.2) is 4.98 Å². The molecule has 0 spiro atoms. The van der Waals surface area contributed by atoms with Crippen LogP contribution in [0.3, 0.4) is 0 Å². The molecule has 1 amide bonds. The number of imidazole rings is 1. The van der Waals surface area contributed by atoms with Gasteiger partial charge in [0, 0.05) is 24.2 Å². The third kappa shape index (κ3) is 5.53. The predicted molar refractivity (Wildman–Crippen MR) is 106 cm³/mol. The van der Waals surface area contributed by atoms with Gasteiger partial charge in [0.2, 0.25) is 5.91 Å².